The zero-order chi connectivity index (χ0) is 24.6. The number of hydrogen-bond donors (Lipinski definition) is 1. The second-order valence-corrected chi connectivity index (χ2v) is 10.4. The van der Waals surface area contributed by atoms with Crippen LogP contribution in [0.4, 0.5) is 0 Å². The van der Waals surface area contributed by atoms with Crippen molar-refractivity contribution in [1.82, 2.24) is 10.2 Å². The van der Waals surface area contributed by atoms with Crippen LogP contribution in [0.25, 0.3) is 0 Å². The molecule has 2 amide bonds. The molecule has 0 saturated carbocycles. The molecule has 0 saturated heterocycles. The first kappa shape index (κ1) is 25.7. The molecule has 0 fully saturated rings. The summed E-state index contributed by atoms with van der Waals surface area (Å²) < 4.78 is 6.88. The van der Waals surface area contributed by atoms with Crippen molar-refractivity contribution in [2.24, 2.45) is 0 Å². The Morgan fingerprint density at radius 1 is 0.882 bits per heavy atom. The SMILES string of the molecule is CC(C)(C)NC(=O)C(Cc1ccccc1)N(Cc1ccccc1)C(=O)COc1ccc(I)cc1. The Hall–Kier alpha value is -2.87. The van der Waals surface area contributed by atoms with E-state index in [4.69, 9.17) is 4.74 Å². The minimum absolute atomic E-state index is 0.151. The van der Waals surface area contributed by atoms with Crippen molar-refractivity contribution in [3.63, 3.8) is 0 Å². The van der Waals surface area contributed by atoms with Crippen molar-refractivity contribution in [3.8, 4) is 5.75 Å². The van der Waals surface area contributed by atoms with Crippen molar-refractivity contribution >= 4 is 34.4 Å². The van der Waals surface area contributed by atoms with E-state index in [9.17, 15) is 9.59 Å². The van der Waals surface area contributed by atoms with Gasteiger partial charge >= 0.3 is 0 Å². The topological polar surface area (TPSA) is 58.6 Å². The molecule has 178 valence electrons. The van der Waals surface area contributed by atoms with Crippen molar-refractivity contribution < 1.29 is 14.3 Å². The predicted molar refractivity (Wildman–Crippen MR) is 143 cm³/mol. The molecule has 0 spiro atoms. The highest BCUT2D eigenvalue weighted by molar-refractivity contribution is 14.1. The Morgan fingerprint density at radius 3 is 2.00 bits per heavy atom. The van der Waals surface area contributed by atoms with Gasteiger partial charge < -0.3 is 15.0 Å². The number of rotatable bonds is 9. The van der Waals surface area contributed by atoms with Gasteiger partial charge in [-0.2, -0.15) is 0 Å². The van der Waals surface area contributed by atoms with Crippen LogP contribution in [-0.4, -0.2) is 34.9 Å². The van der Waals surface area contributed by atoms with E-state index in [0.717, 1.165) is 14.7 Å². The van der Waals surface area contributed by atoms with E-state index in [1.807, 2.05) is 106 Å². The van der Waals surface area contributed by atoms with Gasteiger partial charge in [-0.1, -0.05) is 60.7 Å². The molecule has 0 heterocycles. The number of carbonyl (C=O) groups is 2. The summed E-state index contributed by atoms with van der Waals surface area (Å²) in [6, 6.07) is 26.3. The van der Waals surface area contributed by atoms with E-state index < -0.39 is 11.6 Å². The first-order valence-electron chi connectivity index (χ1n) is 11.3. The van der Waals surface area contributed by atoms with Crippen molar-refractivity contribution in [2.75, 3.05) is 6.61 Å². The lowest BCUT2D eigenvalue weighted by molar-refractivity contribution is -0.143. The molecule has 3 rings (SSSR count). The molecule has 3 aromatic rings. The smallest absolute Gasteiger partial charge is 0.261 e. The lowest BCUT2D eigenvalue weighted by Crippen LogP contribution is -2.55. The average molecular weight is 570 g/mol. The summed E-state index contributed by atoms with van der Waals surface area (Å²) in [7, 11) is 0. The summed E-state index contributed by atoms with van der Waals surface area (Å²) in [5.74, 6) is 0.189. The van der Waals surface area contributed by atoms with Crippen molar-refractivity contribution in [2.45, 2.75) is 45.3 Å². The Morgan fingerprint density at radius 2 is 1.44 bits per heavy atom. The van der Waals surface area contributed by atoms with Crippen LogP contribution in [-0.2, 0) is 22.6 Å². The molecule has 34 heavy (non-hydrogen) atoms. The Bertz CT molecular complexity index is 1060. The third-order valence-corrected chi connectivity index (χ3v) is 5.86. The molecular weight excluding hydrogens is 539 g/mol. The zero-order valence-corrected chi connectivity index (χ0v) is 22.0. The molecule has 0 bridgehead atoms. The van der Waals surface area contributed by atoms with Crippen molar-refractivity contribution in [3.05, 3.63) is 99.6 Å². The molecule has 0 aromatic heterocycles. The summed E-state index contributed by atoms with van der Waals surface area (Å²) in [4.78, 5) is 28.6. The minimum atomic E-state index is -0.686. The highest BCUT2D eigenvalue weighted by Crippen LogP contribution is 2.18. The molecule has 6 heteroatoms. The fraction of sp³-hybridized carbons (Fsp3) is 0.286. The second-order valence-electron chi connectivity index (χ2n) is 9.19. The Labute approximate surface area is 215 Å². The molecule has 0 radical (unpaired) electrons. The maximum absolute atomic E-state index is 13.5. The molecule has 0 aliphatic carbocycles. The molecule has 1 unspecified atom stereocenters. The lowest BCUT2D eigenvalue weighted by atomic mass is 10.0. The van der Waals surface area contributed by atoms with Gasteiger partial charge in [0.25, 0.3) is 5.91 Å². The number of nitrogens with zero attached hydrogens (tertiary/aromatic N) is 1. The first-order valence-corrected chi connectivity index (χ1v) is 12.4. The van der Waals surface area contributed by atoms with Crippen LogP contribution in [0.15, 0.2) is 84.9 Å². The Kier molecular flexibility index (Phi) is 9.10. The molecular formula is C28H31IN2O3. The minimum Gasteiger partial charge on any atom is -0.484 e. The predicted octanol–water partition coefficient (Wildman–Crippen LogP) is 5.22. The number of nitrogens with one attached hydrogen (secondary N) is 1. The quantitative estimate of drug-likeness (QED) is 0.359. The van der Waals surface area contributed by atoms with Gasteiger partial charge in [-0.25, -0.2) is 0 Å². The summed E-state index contributed by atoms with van der Waals surface area (Å²) in [5.41, 5.74) is 1.51. The molecule has 3 aromatic carbocycles. The van der Waals surface area contributed by atoms with E-state index in [0.29, 0.717) is 18.7 Å². The van der Waals surface area contributed by atoms with Crippen LogP contribution in [0.2, 0.25) is 0 Å². The van der Waals surface area contributed by atoms with Crippen molar-refractivity contribution in [1.29, 1.82) is 0 Å². The van der Waals surface area contributed by atoms with Crippen LogP contribution < -0.4 is 10.1 Å². The molecule has 1 N–H and O–H groups in total. The third kappa shape index (κ3) is 8.17. The molecule has 5 nitrogen and oxygen atoms in total. The monoisotopic (exact) mass is 570 g/mol. The first-order chi connectivity index (χ1) is 16.2. The number of halogens is 1. The van der Waals surface area contributed by atoms with Gasteiger partial charge in [0, 0.05) is 22.1 Å². The van der Waals surface area contributed by atoms with E-state index >= 15 is 0 Å². The summed E-state index contributed by atoms with van der Waals surface area (Å²) in [6.07, 6.45) is 0.408. The number of amides is 2. The van der Waals surface area contributed by atoms with E-state index in [2.05, 4.69) is 27.9 Å². The standard InChI is InChI=1S/C28H31IN2O3/c1-28(2,3)30-27(33)25(18-21-10-6-4-7-11-21)31(19-22-12-8-5-9-13-22)26(32)20-34-24-16-14-23(29)15-17-24/h4-17,25H,18-20H2,1-3H3,(H,30,33). The fourth-order valence-electron chi connectivity index (χ4n) is 3.55. The van der Waals surface area contributed by atoms with Gasteiger partial charge in [-0.15, -0.1) is 0 Å². The van der Waals surface area contributed by atoms with Gasteiger partial charge in [0.15, 0.2) is 6.61 Å². The van der Waals surface area contributed by atoms with Crippen LogP contribution >= 0.6 is 22.6 Å². The second kappa shape index (κ2) is 12.0. The van der Waals surface area contributed by atoms with E-state index in [1.165, 1.54) is 0 Å². The van der Waals surface area contributed by atoms with E-state index in [-0.39, 0.29) is 18.4 Å². The molecule has 1 atom stereocenters. The lowest BCUT2D eigenvalue weighted by Gasteiger charge is -2.33. The number of hydrogen-bond acceptors (Lipinski definition) is 3. The van der Waals surface area contributed by atoms with Crippen LogP contribution in [0, 0.1) is 3.57 Å². The molecule has 0 aliphatic rings. The van der Waals surface area contributed by atoms with Crippen LogP contribution in [0.5, 0.6) is 5.75 Å². The largest absolute Gasteiger partial charge is 0.484 e. The van der Waals surface area contributed by atoms with Gasteiger partial charge in [-0.05, 0) is 78.8 Å². The maximum atomic E-state index is 13.5. The zero-order valence-electron chi connectivity index (χ0n) is 19.8. The fourth-order valence-corrected chi connectivity index (χ4v) is 3.91. The third-order valence-electron chi connectivity index (χ3n) is 5.14. The summed E-state index contributed by atoms with van der Waals surface area (Å²) in [6.45, 7) is 5.97. The van der Waals surface area contributed by atoms with Gasteiger partial charge in [-0.3, -0.25) is 9.59 Å². The Balaban J connectivity index is 1.89. The van der Waals surface area contributed by atoms with Crippen LogP contribution in [0.1, 0.15) is 31.9 Å². The van der Waals surface area contributed by atoms with Gasteiger partial charge in [0.05, 0.1) is 0 Å². The summed E-state index contributed by atoms with van der Waals surface area (Å²) in [5, 5.41) is 3.07. The van der Waals surface area contributed by atoms with E-state index in [1.54, 1.807) is 4.90 Å². The summed E-state index contributed by atoms with van der Waals surface area (Å²) >= 11 is 2.22. The highest BCUT2D eigenvalue weighted by Gasteiger charge is 2.32. The van der Waals surface area contributed by atoms with Gasteiger partial charge in [0.2, 0.25) is 5.91 Å². The molecule has 0 aliphatic heterocycles. The normalized spacial score (nSPS) is 12.0. The number of ether oxygens (including phenoxy) is 1. The van der Waals surface area contributed by atoms with Crippen LogP contribution in [0.3, 0.4) is 0 Å². The average Bonchev–Trinajstić information content (AvgIpc) is 2.81. The van der Waals surface area contributed by atoms with Gasteiger partial charge in [0.1, 0.15) is 11.8 Å². The maximum Gasteiger partial charge on any atom is 0.261 e. The number of carbonyl (C=O) groups excluding carboxylic acids is 2. The highest BCUT2D eigenvalue weighted by atomic mass is 127. The number of benzene rings is 3.